The van der Waals surface area contributed by atoms with Gasteiger partial charge in [0, 0.05) is 105 Å². The number of ether oxygens (including phenoxy) is 2. The van der Waals surface area contributed by atoms with Crippen molar-refractivity contribution in [1.82, 2.24) is 0 Å². The van der Waals surface area contributed by atoms with Gasteiger partial charge in [-0.25, -0.2) is 0 Å². The van der Waals surface area contributed by atoms with E-state index in [4.69, 9.17) is 14.9 Å². The van der Waals surface area contributed by atoms with Crippen molar-refractivity contribution in [3.05, 3.63) is 35.9 Å². The van der Waals surface area contributed by atoms with Crippen molar-refractivity contribution >= 4 is 0 Å². The molecule has 0 amide bonds. The maximum absolute atomic E-state index is 8.32. The molecule has 0 atom stereocenters. The quantitative estimate of drug-likeness (QED) is 0.483. The standard InChI is InChI=1S/C9H12O2.C2H6O2.3Y/c10-8-11-7-6-9-4-2-1-3-5-9;1-4-2-3;;;/h1-5,10H,6-8H2;3H,2H2,1H3;;;. The minimum atomic E-state index is -0.188. The van der Waals surface area contributed by atoms with E-state index in [1.54, 1.807) is 0 Å². The van der Waals surface area contributed by atoms with E-state index in [2.05, 4.69) is 4.74 Å². The van der Waals surface area contributed by atoms with Gasteiger partial charge in [-0.2, -0.15) is 0 Å². The SMILES string of the molecule is COCO.OCOCCc1ccccc1.[Y].[Y].[Y]. The largest absolute Gasteiger partial charge is 0.371 e. The molecule has 0 bridgehead atoms. The first-order chi connectivity index (χ1) is 7.35. The first-order valence-electron chi connectivity index (χ1n) is 4.67. The van der Waals surface area contributed by atoms with Crippen molar-refractivity contribution in [2.75, 3.05) is 27.3 Å². The fourth-order valence-corrected chi connectivity index (χ4v) is 0.899. The predicted molar refractivity (Wildman–Crippen MR) is 57.3 cm³/mol. The maximum atomic E-state index is 8.32. The number of aliphatic hydroxyl groups is 2. The number of methoxy groups -OCH3 is 1. The van der Waals surface area contributed by atoms with E-state index in [0.717, 1.165) is 6.42 Å². The van der Waals surface area contributed by atoms with Gasteiger partial charge < -0.3 is 19.7 Å². The van der Waals surface area contributed by atoms with Crippen molar-refractivity contribution in [3.8, 4) is 0 Å². The molecule has 0 saturated heterocycles. The topological polar surface area (TPSA) is 58.9 Å². The van der Waals surface area contributed by atoms with Crippen molar-refractivity contribution < 1.29 is 118 Å². The Balaban J connectivity index is -0.000000125. The molecule has 18 heavy (non-hydrogen) atoms. The summed E-state index contributed by atoms with van der Waals surface area (Å²) in [6.45, 7) is 0.216. The number of hydrogen-bond donors (Lipinski definition) is 2. The molecule has 0 aliphatic rings. The molecule has 0 aliphatic carbocycles. The van der Waals surface area contributed by atoms with Crippen molar-refractivity contribution in [3.63, 3.8) is 0 Å². The average Bonchev–Trinajstić information content (AvgIpc) is 2.31. The molecule has 1 rings (SSSR count). The molecule has 0 saturated carbocycles. The molecular weight excluding hydrogens is 463 g/mol. The first-order valence-corrected chi connectivity index (χ1v) is 4.67. The molecule has 95 valence electrons. The van der Waals surface area contributed by atoms with Crippen LogP contribution in [0, 0.1) is 0 Å². The number of benzene rings is 1. The molecule has 2 N–H and O–H groups in total. The van der Waals surface area contributed by atoms with Crippen LogP contribution in [-0.2, 0) is 114 Å². The van der Waals surface area contributed by atoms with E-state index in [-0.39, 0.29) is 112 Å². The second kappa shape index (κ2) is 24.4. The summed E-state index contributed by atoms with van der Waals surface area (Å²) in [5.74, 6) is 0. The van der Waals surface area contributed by atoms with E-state index >= 15 is 0 Å². The average molecular weight is 481 g/mol. The number of hydrogen-bond acceptors (Lipinski definition) is 4. The zero-order valence-corrected chi connectivity index (χ0v) is 19.2. The Labute approximate surface area is 184 Å². The van der Waals surface area contributed by atoms with E-state index in [0.29, 0.717) is 6.61 Å². The van der Waals surface area contributed by atoms with E-state index in [1.807, 2.05) is 30.3 Å². The van der Waals surface area contributed by atoms with E-state index in [1.165, 1.54) is 12.7 Å². The van der Waals surface area contributed by atoms with Gasteiger partial charge in [-0.1, -0.05) is 30.3 Å². The van der Waals surface area contributed by atoms with Crippen molar-refractivity contribution in [2.24, 2.45) is 0 Å². The smallest absolute Gasteiger partial charge is 0.143 e. The normalized spacial score (nSPS) is 7.72. The van der Waals surface area contributed by atoms with Gasteiger partial charge in [0.2, 0.25) is 0 Å². The Morgan fingerprint density at radius 3 is 1.83 bits per heavy atom. The summed E-state index contributed by atoms with van der Waals surface area (Å²) < 4.78 is 8.89. The van der Waals surface area contributed by atoms with Crippen LogP contribution in [0.3, 0.4) is 0 Å². The third kappa shape index (κ3) is 20.7. The van der Waals surface area contributed by atoms with Crippen LogP contribution < -0.4 is 0 Å². The Morgan fingerprint density at radius 2 is 1.44 bits per heavy atom. The summed E-state index contributed by atoms with van der Waals surface area (Å²) in [6.07, 6.45) is 0.862. The molecule has 1 aromatic carbocycles. The van der Waals surface area contributed by atoms with Crippen LogP contribution in [0.25, 0.3) is 0 Å². The monoisotopic (exact) mass is 481 g/mol. The minimum Gasteiger partial charge on any atom is -0.371 e. The van der Waals surface area contributed by atoms with Crippen LogP contribution >= 0.6 is 0 Å². The van der Waals surface area contributed by atoms with Gasteiger partial charge in [0.25, 0.3) is 0 Å². The molecule has 0 spiro atoms. The van der Waals surface area contributed by atoms with Gasteiger partial charge in [0.15, 0.2) is 0 Å². The van der Waals surface area contributed by atoms with Crippen molar-refractivity contribution in [2.45, 2.75) is 6.42 Å². The van der Waals surface area contributed by atoms with Crippen LogP contribution in [-0.4, -0.2) is 37.5 Å². The third-order valence-corrected chi connectivity index (χ3v) is 1.60. The van der Waals surface area contributed by atoms with Gasteiger partial charge in [0.05, 0.1) is 6.61 Å². The van der Waals surface area contributed by atoms with Crippen molar-refractivity contribution in [1.29, 1.82) is 0 Å². The molecular formula is C11H18O4Y3. The van der Waals surface area contributed by atoms with Crippen LogP contribution in [0.4, 0.5) is 0 Å². The van der Waals surface area contributed by atoms with Gasteiger partial charge >= 0.3 is 0 Å². The third-order valence-electron chi connectivity index (χ3n) is 1.60. The zero-order valence-electron chi connectivity index (χ0n) is 10.7. The summed E-state index contributed by atoms with van der Waals surface area (Å²) in [6, 6.07) is 10.1. The Bertz CT molecular complexity index is 223. The molecule has 1 aromatic rings. The van der Waals surface area contributed by atoms with Gasteiger partial charge in [-0.3, -0.25) is 0 Å². The zero-order chi connectivity index (χ0) is 11.4. The molecule has 0 heterocycles. The van der Waals surface area contributed by atoms with Gasteiger partial charge in [-0.15, -0.1) is 0 Å². The second-order valence-corrected chi connectivity index (χ2v) is 2.69. The second-order valence-electron chi connectivity index (χ2n) is 2.69. The fraction of sp³-hybridized carbons (Fsp3) is 0.455. The summed E-state index contributed by atoms with van der Waals surface area (Å²) in [5.41, 5.74) is 1.24. The summed E-state index contributed by atoms with van der Waals surface area (Å²) in [7, 11) is 1.43. The minimum absolute atomic E-state index is 0. The summed E-state index contributed by atoms with van der Waals surface area (Å²) >= 11 is 0. The maximum Gasteiger partial charge on any atom is 0.143 e. The number of rotatable bonds is 5. The molecule has 0 unspecified atom stereocenters. The molecule has 3 radical (unpaired) electrons. The van der Waals surface area contributed by atoms with Crippen LogP contribution in [0.1, 0.15) is 5.56 Å². The van der Waals surface area contributed by atoms with E-state index in [9.17, 15) is 0 Å². The predicted octanol–water partition coefficient (Wildman–Crippen LogP) is 0.771. The van der Waals surface area contributed by atoms with Crippen LogP contribution in [0.5, 0.6) is 0 Å². The van der Waals surface area contributed by atoms with Crippen LogP contribution in [0.2, 0.25) is 0 Å². The molecule has 0 fully saturated rings. The Kier molecular flexibility index (Phi) is 38.7. The first kappa shape index (κ1) is 28.5. The number of aliphatic hydroxyl groups excluding tert-OH is 2. The molecule has 4 nitrogen and oxygen atoms in total. The van der Waals surface area contributed by atoms with E-state index < -0.39 is 0 Å². The molecule has 0 aromatic heterocycles. The summed E-state index contributed by atoms with van der Waals surface area (Å²) in [4.78, 5) is 0. The molecule has 0 aliphatic heterocycles. The van der Waals surface area contributed by atoms with Crippen LogP contribution in [0.15, 0.2) is 30.3 Å². The summed E-state index contributed by atoms with van der Waals surface area (Å²) in [5, 5.41) is 16.0. The van der Waals surface area contributed by atoms with Gasteiger partial charge in [0.1, 0.15) is 13.6 Å². The molecule has 7 heteroatoms. The van der Waals surface area contributed by atoms with Gasteiger partial charge in [-0.05, 0) is 12.0 Å². The fourth-order valence-electron chi connectivity index (χ4n) is 0.899. The Morgan fingerprint density at radius 1 is 0.944 bits per heavy atom. The Hall–Kier alpha value is 2.37.